The Balaban J connectivity index is 0. The molecule has 0 atom stereocenters. The number of hydrogen-bond acceptors (Lipinski definition) is 0. The van der Waals surface area contributed by atoms with Gasteiger partial charge in [0.2, 0.25) is 0 Å². The van der Waals surface area contributed by atoms with Gasteiger partial charge in [0, 0.05) is 87.5 Å². The van der Waals surface area contributed by atoms with E-state index in [1.54, 1.807) is 0 Å². The van der Waals surface area contributed by atoms with Crippen LogP contribution in [0.4, 0.5) is 0 Å². The maximum atomic E-state index is 0. The summed E-state index contributed by atoms with van der Waals surface area (Å²) < 4.78 is 0. The molecule has 5 radical (unpaired) electrons. The van der Waals surface area contributed by atoms with Gasteiger partial charge in [-0.2, -0.15) is 0 Å². The van der Waals surface area contributed by atoms with Gasteiger partial charge in [0.05, 0.1) is 0 Å². The van der Waals surface area contributed by atoms with Gasteiger partial charge in [-0.1, -0.05) is 0 Å². The quantitative estimate of drug-likeness (QED) is 0.463. The Kier molecular flexibility index (Phi) is 130. The summed E-state index contributed by atoms with van der Waals surface area (Å²) in [5.74, 6) is 0. The second-order valence-corrected chi connectivity index (χ2v) is 0. The second kappa shape index (κ2) is 17.3. The second-order valence-electron chi connectivity index (χ2n) is 0. The molecule has 0 saturated carbocycles. The summed E-state index contributed by atoms with van der Waals surface area (Å²) in [6, 6.07) is 0. The van der Waals surface area contributed by atoms with Crippen LogP contribution < -0.4 is 0 Å². The molecule has 0 aliphatic heterocycles. The molecule has 4 heteroatoms. The molecule has 0 bridgehead atoms. The molecule has 0 N–H and O–H groups in total. The van der Waals surface area contributed by atoms with Crippen LogP contribution in [0.2, 0.25) is 0 Å². The molecule has 4 heavy (non-hydrogen) atoms. The molecule has 0 fully saturated rings. The molecule has 17 valence electrons. The predicted molar refractivity (Wildman–Crippen MR) is 5.75 cm³/mol. The molecule has 0 rings (SSSR count). The van der Waals surface area contributed by atoms with Gasteiger partial charge in [-0.15, -0.1) is 0 Å². The standard InChI is InChI=1S/B.La.Nb.W. The van der Waals surface area contributed by atoms with Crippen LogP contribution in [0, 0.1) is 35.6 Å². The maximum absolute atomic E-state index is 0. The van der Waals surface area contributed by atoms with Crippen molar-refractivity contribution < 1.29 is 79.0 Å². The van der Waals surface area contributed by atoms with Crippen molar-refractivity contribution in [1.29, 1.82) is 0 Å². The van der Waals surface area contributed by atoms with Gasteiger partial charge in [0.15, 0.2) is 0 Å². The van der Waals surface area contributed by atoms with Crippen LogP contribution in [-0.2, 0) is 43.4 Å². The molecule has 0 nitrogen and oxygen atoms in total. The minimum Gasteiger partial charge on any atom is 0 e. The Hall–Kier alpha value is 2.69. The van der Waals surface area contributed by atoms with Crippen molar-refractivity contribution in [3.05, 3.63) is 0 Å². The van der Waals surface area contributed by atoms with E-state index in [0.29, 0.717) is 0 Å². The van der Waals surface area contributed by atoms with Gasteiger partial charge in [-0.05, 0) is 0 Å². The fourth-order valence-corrected chi connectivity index (χ4v) is 0. The first-order chi connectivity index (χ1) is 0. The van der Waals surface area contributed by atoms with Gasteiger partial charge in [-0.3, -0.25) is 0 Å². The van der Waals surface area contributed by atoms with E-state index in [9.17, 15) is 0 Å². The van der Waals surface area contributed by atoms with Crippen molar-refractivity contribution in [2.24, 2.45) is 0 Å². The third-order valence-electron chi connectivity index (χ3n) is 0. The smallest absolute Gasteiger partial charge is 0 e. The van der Waals surface area contributed by atoms with Gasteiger partial charge in [0.25, 0.3) is 0 Å². The SMILES string of the molecule is [B].[La].[Nb].[W]. The minimum atomic E-state index is 0. The fourth-order valence-electron chi connectivity index (χ4n) is 0. The minimum absolute atomic E-state index is 0. The van der Waals surface area contributed by atoms with E-state index in [2.05, 4.69) is 0 Å². The zero-order valence-electron chi connectivity index (χ0n) is 2.01. The van der Waals surface area contributed by atoms with E-state index in [1.165, 1.54) is 0 Å². The number of rotatable bonds is 0. The average molecular weight is 426 g/mol. The first kappa shape index (κ1) is 29.9. The van der Waals surface area contributed by atoms with Crippen LogP contribution in [-0.4, -0.2) is 8.41 Å². The molecule has 0 aromatic rings. The van der Waals surface area contributed by atoms with Gasteiger partial charge in [-0.25, -0.2) is 0 Å². The molecule has 0 spiro atoms. The molecule has 0 amide bonds. The molecule has 0 saturated heterocycles. The normalized spacial score (nSPS) is 0. The van der Waals surface area contributed by atoms with Crippen molar-refractivity contribution in [1.82, 2.24) is 0 Å². The largest absolute Gasteiger partial charge is 0 e. The van der Waals surface area contributed by atoms with Crippen LogP contribution in [0.3, 0.4) is 0 Å². The molecular formula is BLaNbW. The monoisotopic (exact) mass is 427 g/mol. The first-order valence-electron chi connectivity index (χ1n) is 0. The van der Waals surface area contributed by atoms with Crippen molar-refractivity contribution in [3.63, 3.8) is 0 Å². The molecular weight excluding hydrogens is 426 g/mol. The van der Waals surface area contributed by atoms with E-state index in [0.717, 1.165) is 0 Å². The fraction of sp³-hybridized carbons (Fsp3) is 0. The summed E-state index contributed by atoms with van der Waals surface area (Å²) in [5, 5.41) is 0. The third kappa shape index (κ3) is 8.82. The summed E-state index contributed by atoms with van der Waals surface area (Å²) in [4.78, 5) is 0. The topological polar surface area (TPSA) is 0 Å². The van der Waals surface area contributed by atoms with Crippen LogP contribution in [0.5, 0.6) is 0 Å². The Bertz CT molecular complexity index is 8.00. The summed E-state index contributed by atoms with van der Waals surface area (Å²) in [6.07, 6.45) is 0. The Labute approximate surface area is 85.8 Å². The van der Waals surface area contributed by atoms with Crippen molar-refractivity contribution in [2.75, 3.05) is 0 Å². The predicted octanol–water partition coefficient (Wildman–Crippen LogP) is -0.386. The molecule has 0 unspecified atom stereocenters. The van der Waals surface area contributed by atoms with E-state index < -0.39 is 0 Å². The summed E-state index contributed by atoms with van der Waals surface area (Å²) in [6.45, 7) is 0. The summed E-state index contributed by atoms with van der Waals surface area (Å²) >= 11 is 0. The van der Waals surface area contributed by atoms with E-state index in [-0.39, 0.29) is 87.5 Å². The Morgan fingerprint density at radius 3 is 1.00 bits per heavy atom. The van der Waals surface area contributed by atoms with E-state index in [4.69, 9.17) is 0 Å². The number of hydrogen-bond donors (Lipinski definition) is 0. The molecule has 0 aliphatic carbocycles. The van der Waals surface area contributed by atoms with E-state index in [1.807, 2.05) is 0 Å². The van der Waals surface area contributed by atoms with Gasteiger partial charge in [0.1, 0.15) is 0 Å². The van der Waals surface area contributed by atoms with Crippen LogP contribution >= 0.6 is 0 Å². The zero-order chi connectivity index (χ0) is 0. The van der Waals surface area contributed by atoms with Crippen molar-refractivity contribution in [3.8, 4) is 0 Å². The maximum Gasteiger partial charge on any atom is 0 e. The molecule has 0 aliphatic rings. The summed E-state index contributed by atoms with van der Waals surface area (Å²) in [5.41, 5.74) is 0. The van der Waals surface area contributed by atoms with E-state index >= 15 is 0 Å². The van der Waals surface area contributed by atoms with Crippen molar-refractivity contribution in [2.45, 2.75) is 0 Å². The Morgan fingerprint density at radius 1 is 1.00 bits per heavy atom. The molecule has 0 aromatic heterocycles. The van der Waals surface area contributed by atoms with Gasteiger partial charge < -0.3 is 0 Å². The Morgan fingerprint density at radius 2 is 1.00 bits per heavy atom. The van der Waals surface area contributed by atoms with Crippen LogP contribution in [0.15, 0.2) is 0 Å². The summed E-state index contributed by atoms with van der Waals surface area (Å²) in [7, 11) is 0. The third-order valence-corrected chi connectivity index (χ3v) is 0. The molecule has 0 aromatic carbocycles. The molecule has 0 heterocycles. The average Bonchev–Trinajstić information content (AvgIpc) is 0. The van der Waals surface area contributed by atoms with Crippen LogP contribution in [0.25, 0.3) is 0 Å². The van der Waals surface area contributed by atoms with Gasteiger partial charge >= 0.3 is 0 Å². The first-order valence-corrected chi connectivity index (χ1v) is 0. The zero-order valence-corrected chi connectivity index (χ0v) is 10.8. The van der Waals surface area contributed by atoms with Crippen LogP contribution in [0.1, 0.15) is 0 Å². The van der Waals surface area contributed by atoms with Crippen molar-refractivity contribution >= 4 is 8.41 Å².